The van der Waals surface area contributed by atoms with Crippen LogP contribution in [0.4, 0.5) is 5.69 Å². The largest absolute Gasteiger partial charge is 0.455 e. The molecule has 28 heavy (non-hydrogen) atoms. The lowest BCUT2D eigenvalue weighted by molar-refractivity contribution is -0.194. The molecule has 1 aromatic rings. The number of allylic oxidation sites excluding steroid dienone is 2. The highest BCUT2D eigenvalue weighted by atomic mass is 16.6. The molecule has 0 saturated heterocycles. The van der Waals surface area contributed by atoms with E-state index in [1.807, 2.05) is 20.8 Å². The summed E-state index contributed by atoms with van der Waals surface area (Å²) >= 11 is 0. The number of fused-ring (bicyclic) bond motifs is 3. The van der Waals surface area contributed by atoms with Gasteiger partial charge < -0.3 is 20.5 Å². The van der Waals surface area contributed by atoms with Gasteiger partial charge in [0.25, 0.3) is 5.79 Å². The van der Waals surface area contributed by atoms with Gasteiger partial charge in [-0.05, 0) is 31.9 Å². The van der Waals surface area contributed by atoms with Crippen LogP contribution in [-0.2, 0) is 20.1 Å². The zero-order valence-electron chi connectivity index (χ0n) is 16.5. The summed E-state index contributed by atoms with van der Waals surface area (Å²) < 4.78 is 5.95. The summed E-state index contributed by atoms with van der Waals surface area (Å²) in [6.07, 6.45) is 2.23. The summed E-state index contributed by atoms with van der Waals surface area (Å²) in [7, 11) is 0. The lowest BCUT2D eigenvalue weighted by Crippen LogP contribution is -2.62. The Balaban J connectivity index is 2.28. The number of anilines is 1. The van der Waals surface area contributed by atoms with Crippen LogP contribution in [0.15, 0.2) is 41.2 Å². The number of carbonyl (C=O) groups is 3. The zero-order chi connectivity index (χ0) is 20.9. The third-order valence-corrected chi connectivity index (χ3v) is 5.54. The van der Waals surface area contributed by atoms with E-state index in [1.54, 1.807) is 31.2 Å². The summed E-state index contributed by atoms with van der Waals surface area (Å²) in [4.78, 5) is 36.5. The minimum Gasteiger partial charge on any atom is -0.455 e. The van der Waals surface area contributed by atoms with Gasteiger partial charge >= 0.3 is 0 Å². The molecule has 0 fully saturated rings. The SMILES string of the molecule is CC(=O)NC12C(=O)c3c(NC=O)cccc3C1(O)OC(/C=C(\C)C(C)C)=C2C. The third-order valence-electron chi connectivity index (χ3n) is 5.54. The van der Waals surface area contributed by atoms with Crippen LogP contribution in [0.2, 0.25) is 0 Å². The van der Waals surface area contributed by atoms with Gasteiger partial charge in [-0.1, -0.05) is 31.6 Å². The molecule has 2 aliphatic rings. The molecule has 2 atom stereocenters. The Kier molecular flexibility index (Phi) is 4.67. The Morgan fingerprint density at radius 2 is 1.96 bits per heavy atom. The van der Waals surface area contributed by atoms with E-state index in [2.05, 4.69) is 10.6 Å². The first-order chi connectivity index (χ1) is 13.1. The van der Waals surface area contributed by atoms with Gasteiger partial charge in [-0.2, -0.15) is 0 Å². The van der Waals surface area contributed by atoms with Crippen LogP contribution in [0.3, 0.4) is 0 Å². The van der Waals surface area contributed by atoms with E-state index in [-0.39, 0.29) is 22.7 Å². The van der Waals surface area contributed by atoms with Crippen LogP contribution in [0.25, 0.3) is 0 Å². The minimum atomic E-state index is -2.11. The Bertz CT molecular complexity index is 946. The standard InChI is InChI=1S/C21H24N2O5/c1-11(2)12(3)9-17-13(4)20(23-14(5)25)19(26)18-15(21(20,27)28-17)7-6-8-16(18)22-10-24/h6-11,27H,1-5H3,(H,22,24)(H,23,25)/b12-9+. The van der Waals surface area contributed by atoms with Crippen molar-refractivity contribution in [2.45, 2.75) is 45.9 Å². The highest BCUT2D eigenvalue weighted by Crippen LogP contribution is 2.56. The fourth-order valence-electron chi connectivity index (χ4n) is 3.79. The topological polar surface area (TPSA) is 105 Å². The molecular formula is C21H24N2O5. The average molecular weight is 384 g/mol. The van der Waals surface area contributed by atoms with Gasteiger partial charge in [0.05, 0.1) is 11.3 Å². The molecule has 1 heterocycles. The Morgan fingerprint density at radius 1 is 1.29 bits per heavy atom. The molecule has 2 unspecified atom stereocenters. The van der Waals surface area contributed by atoms with Crippen molar-refractivity contribution in [3.8, 4) is 0 Å². The number of ether oxygens (including phenoxy) is 1. The van der Waals surface area contributed by atoms with Gasteiger partial charge in [0.2, 0.25) is 18.1 Å². The van der Waals surface area contributed by atoms with Crippen molar-refractivity contribution >= 4 is 23.8 Å². The maximum absolute atomic E-state index is 13.5. The zero-order valence-corrected chi connectivity index (χ0v) is 16.5. The molecule has 0 spiro atoms. The highest BCUT2D eigenvalue weighted by molar-refractivity contribution is 6.17. The van der Waals surface area contributed by atoms with Crippen molar-refractivity contribution in [1.82, 2.24) is 5.32 Å². The molecule has 1 aromatic carbocycles. The number of benzene rings is 1. The second kappa shape index (κ2) is 6.60. The van der Waals surface area contributed by atoms with Gasteiger partial charge in [0.1, 0.15) is 5.76 Å². The Morgan fingerprint density at radius 3 is 2.54 bits per heavy atom. The fraction of sp³-hybridized carbons (Fsp3) is 0.381. The van der Waals surface area contributed by atoms with Crippen LogP contribution in [0.1, 0.15) is 50.5 Å². The predicted octanol–water partition coefficient (Wildman–Crippen LogP) is 2.38. The number of Topliss-reactive ketones (excluding diaryl/α,β-unsaturated/α-hetero) is 1. The van der Waals surface area contributed by atoms with Crippen molar-refractivity contribution in [3.05, 3.63) is 52.3 Å². The first-order valence-electron chi connectivity index (χ1n) is 9.08. The smallest absolute Gasteiger partial charge is 0.270 e. The number of ketones is 1. The summed E-state index contributed by atoms with van der Waals surface area (Å²) in [6.45, 7) is 8.90. The van der Waals surface area contributed by atoms with E-state index in [9.17, 15) is 19.5 Å². The second-order valence-electron chi connectivity index (χ2n) is 7.53. The molecular weight excluding hydrogens is 360 g/mol. The van der Waals surface area contributed by atoms with Crippen molar-refractivity contribution in [3.63, 3.8) is 0 Å². The van der Waals surface area contributed by atoms with Gasteiger partial charge in [0, 0.05) is 18.1 Å². The van der Waals surface area contributed by atoms with E-state index in [1.165, 1.54) is 6.92 Å². The number of hydrogen-bond donors (Lipinski definition) is 3. The molecule has 0 bridgehead atoms. The normalized spacial score (nSPS) is 26.1. The van der Waals surface area contributed by atoms with Gasteiger partial charge in [0.15, 0.2) is 5.54 Å². The molecule has 3 rings (SSSR count). The number of rotatable bonds is 5. The van der Waals surface area contributed by atoms with Crippen LogP contribution < -0.4 is 10.6 Å². The average Bonchev–Trinajstić information content (AvgIpc) is 2.94. The van der Waals surface area contributed by atoms with Crippen molar-refractivity contribution in [1.29, 1.82) is 0 Å². The maximum atomic E-state index is 13.5. The lowest BCUT2D eigenvalue weighted by Gasteiger charge is -2.35. The molecule has 0 aromatic heterocycles. The van der Waals surface area contributed by atoms with Crippen molar-refractivity contribution in [2.24, 2.45) is 5.92 Å². The van der Waals surface area contributed by atoms with Crippen LogP contribution in [-0.4, -0.2) is 28.7 Å². The summed E-state index contributed by atoms with van der Waals surface area (Å²) in [6, 6.07) is 4.72. The molecule has 148 valence electrons. The summed E-state index contributed by atoms with van der Waals surface area (Å²) in [5, 5.41) is 16.7. The first kappa shape index (κ1) is 19.8. The van der Waals surface area contributed by atoms with Crippen LogP contribution >= 0.6 is 0 Å². The number of amides is 2. The molecule has 3 N–H and O–H groups in total. The molecule has 7 nitrogen and oxygen atoms in total. The Labute approximate surface area is 163 Å². The molecule has 0 saturated carbocycles. The summed E-state index contributed by atoms with van der Waals surface area (Å²) in [5.74, 6) is -2.55. The highest BCUT2D eigenvalue weighted by Gasteiger charge is 2.71. The fourth-order valence-corrected chi connectivity index (χ4v) is 3.79. The van der Waals surface area contributed by atoms with Gasteiger partial charge in [-0.3, -0.25) is 14.4 Å². The molecule has 0 radical (unpaired) electrons. The summed E-state index contributed by atoms with van der Waals surface area (Å²) in [5.41, 5.74) is 0.169. The quantitative estimate of drug-likeness (QED) is 0.676. The van der Waals surface area contributed by atoms with E-state index in [0.717, 1.165) is 5.57 Å². The van der Waals surface area contributed by atoms with Crippen LogP contribution in [0.5, 0.6) is 0 Å². The van der Waals surface area contributed by atoms with Crippen molar-refractivity contribution < 1.29 is 24.2 Å². The lowest BCUT2D eigenvalue weighted by atomic mass is 9.82. The molecule has 7 heteroatoms. The van der Waals surface area contributed by atoms with E-state index < -0.39 is 23.0 Å². The van der Waals surface area contributed by atoms with Crippen molar-refractivity contribution in [2.75, 3.05) is 5.32 Å². The van der Waals surface area contributed by atoms with Crippen LogP contribution in [0, 0.1) is 5.92 Å². The maximum Gasteiger partial charge on any atom is 0.270 e. The second-order valence-corrected chi connectivity index (χ2v) is 7.53. The number of carbonyl (C=O) groups excluding carboxylic acids is 3. The number of hydrogen-bond acceptors (Lipinski definition) is 5. The predicted molar refractivity (Wildman–Crippen MR) is 103 cm³/mol. The van der Waals surface area contributed by atoms with Gasteiger partial charge in [-0.25, -0.2) is 0 Å². The molecule has 1 aliphatic carbocycles. The van der Waals surface area contributed by atoms with E-state index >= 15 is 0 Å². The van der Waals surface area contributed by atoms with E-state index in [0.29, 0.717) is 17.7 Å². The molecule has 1 aliphatic heterocycles. The van der Waals surface area contributed by atoms with Gasteiger partial charge in [-0.15, -0.1) is 0 Å². The Hall–Kier alpha value is -2.93. The minimum absolute atomic E-state index is 0.119. The number of aliphatic hydroxyl groups is 1. The molecule has 2 amide bonds. The number of nitrogens with one attached hydrogen (secondary N) is 2. The van der Waals surface area contributed by atoms with E-state index in [4.69, 9.17) is 4.74 Å². The first-order valence-corrected chi connectivity index (χ1v) is 9.08. The third kappa shape index (κ3) is 2.50. The monoisotopic (exact) mass is 384 g/mol.